The molecule has 2 aromatic carbocycles. The molecule has 1 aliphatic rings. The van der Waals surface area contributed by atoms with Crippen LogP contribution >= 0.6 is 23.4 Å². The van der Waals surface area contributed by atoms with Crippen LogP contribution in [0.5, 0.6) is 5.75 Å². The molecule has 1 N–H and O–H groups in total. The molecular formula is C18H15ClN2O2S. The molecule has 0 unspecified atom stereocenters. The van der Waals surface area contributed by atoms with Crippen molar-refractivity contribution in [3.8, 4) is 5.75 Å². The molecule has 2 aromatic rings. The zero-order valence-electron chi connectivity index (χ0n) is 13.0. The number of benzene rings is 2. The smallest absolute Gasteiger partial charge is 0.264 e. The minimum atomic E-state index is -0.153. The van der Waals surface area contributed by atoms with Crippen LogP contribution in [0.25, 0.3) is 6.08 Å². The van der Waals surface area contributed by atoms with Gasteiger partial charge >= 0.3 is 0 Å². The van der Waals surface area contributed by atoms with Crippen molar-refractivity contribution in [3.05, 3.63) is 64.0 Å². The number of amidine groups is 1. The largest absolute Gasteiger partial charge is 0.494 e. The number of carbonyl (C=O) groups excluding carboxylic acids is 1. The number of aliphatic imine (C=N–C) groups is 1. The molecule has 24 heavy (non-hydrogen) atoms. The lowest BCUT2D eigenvalue weighted by molar-refractivity contribution is -0.115. The topological polar surface area (TPSA) is 50.7 Å². The van der Waals surface area contributed by atoms with E-state index < -0.39 is 0 Å². The Bertz CT molecular complexity index is 799. The van der Waals surface area contributed by atoms with E-state index in [1.54, 1.807) is 12.1 Å². The van der Waals surface area contributed by atoms with Crippen molar-refractivity contribution in [2.24, 2.45) is 4.99 Å². The monoisotopic (exact) mass is 358 g/mol. The molecule has 0 radical (unpaired) electrons. The molecule has 122 valence electrons. The number of nitrogens with one attached hydrogen (secondary N) is 1. The first-order chi connectivity index (χ1) is 11.6. The lowest BCUT2D eigenvalue weighted by atomic mass is 10.2. The van der Waals surface area contributed by atoms with Crippen molar-refractivity contribution in [1.82, 2.24) is 5.32 Å². The molecule has 1 saturated heterocycles. The lowest BCUT2D eigenvalue weighted by Gasteiger charge is -2.02. The number of rotatable bonds is 4. The van der Waals surface area contributed by atoms with Gasteiger partial charge in [-0.05, 0) is 66.7 Å². The van der Waals surface area contributed by atoms with E-state index >= 15 is 0 Å². The number of hydrogen-bond acceptors (Lipinski definition) is 4. The Kier molecular flexibility index (Phi) is 5.23. The SMILES string of the molecule is CCOc1ccc(N=C2NC(=O)/C(=C/c3ccc(Cl)cc3)S2)cc1. The van der Waals surface area contributed by atoms with Gasteiger partial charge in [-0.25, -0.2) is 4.99 Å². The molecule has 1 amide bonds. The maximum Gasteiger partial charge on any atom is 0.264 e. The van der Waals surface area contributed by atoms with Gasteiger partial charge in [-0.3, -0.25) is 4.79 Å². The number of ether oxygens (including phenoxy) is 1. The molecule has 0 atom stereocenters. The molecule has 1 heterocycles. The van der Waals surface area contributed by atoms with Gasteiger partial charge in [0.1, 0.15) is 5.75 Å². The zero-order valence-corrected chi connectivity index (χ0v) is 14.5. The van der Waals surface area contributed by atoms with Crippen LogP contribution in [-0.4, -0.2) is 17.7 Å². The molecule has 0 spiro atoms. The van der Waals surface area contributed by atoms with Gasteiger partial charge in [-0.15, -0.1) is 0 Å². The average Bonchev–Trinajstić information content (AvgIpc) is 2.91. The molecule has 0 aliphatic carbocycles. The van der Waals surface area contributed by atoms with Crippen LogP contribution in [0, 0.1) is 0 Å². The standard InChI is InChI=1S/C18H15ClN2O2S/c1-2-23-15-9-7-14(8-10-15)20-18-21-17(22)16(24-18)11-12-3-5-13(19)6-4-12/h3-11H,2H2,1H3,(H,20,21,22)/b16-11-. The van der Waals surface area contributed by atoms with E-state index in [1.165, 1.54) is 11.8 Å². The molecule has 1 fully saturated rings. The average molecular weight is 359 g/mol. The normalized spacial score (nSPS) is 17.3. The number of halogens is 1. The Balaban J connectivity index is 1.75. The van der Waals surface area contributed by atoms with Gasteiger partial charge in [-0.2, -0.15) is 0 Å². The lowest BCUT2D eigenvalue weighted by Crippen LogP contribution is -2.19. The fraction of sp³-hybridized carbons (Fsp3) is 0.111. The van der Waals surface area contributed by atoms with Crippen LogP contribution < -0.4 is 10.1 Å². The Labute approximate surface area is 149 Å². The van der Waals surface area contributed by atoms with Crippen molar-refractivity contribution in [2.45, 2.75) is 6.92 Å². The maximum absolute atomic E-state index is 12.1. The molecule has 1 aliphatic heterocycles. The Morgan fingerprint density at radius 3 is 2.54 bits per heavy atom. The Morgan fingerprint density at radius 1 is 1.17 bits per heavy atom. The van der Waals surface area contributed by atoms with Crippen LogP contribution in [0.1, 0.15) is 12.5 Å². The number of hydrogen-bond donors (Lipinski definition) is 1. The summed E-state index contributed by atoms with van der Waals surface area (Å²) in [6.07, 6.45) is 1.82. The van der Waals surface area contributed by atoms with E-state index in [2.05, 4.69) is 10.3 Å². The zero-order chi connectivity index (χ0) is 16.9. The number of thioether (sulfide) groups is 1. The highest BCUT2D eigenvalue weighted by molar-refractivity contribution is 8.18. The van der Waals surface area contributed by atoms with Gasteiger partial charge in [0.15, 0.2) is 5.17 Å². The number of amides is 1. The second-order valence-electron chi connectivity index (χ2n) is 4.96. The summed E-state index contributed by atoms with van der Waals surface area (Å²) in [7, 11) is 0. The van der Waals surface area contributed by atoms with Gasteiger partial charge < -0.3 is 10.1 Å². The summed E-state index contributed by atoms with van der Waals surface area (Å²) >= 11 is 7.18. The molecule has 6 heteroatoms. The van der Waals surface area contributed by atoms with Crippen molar-refractivity contribution >= 4 is 46.2 Å². The first-order valence-corrected chi connectivity index (χ1v) is 8.61. The number of carbonyl (C=O) groups is 1. The Morgan fingerprint density at radius 2 is 1.88 bits per heavy atom. The van der Waals surface area contributed by atoms with Gasteiger partial charge in [0.05, 0.1) is 17.2 Å². The van der Waals surface area contributed by atoms with E-state index in [4.69, 9.17) is 16.3 Å². The van der Waals surface area contributed by atoms with Crippen molar-refractivity contribution < 1.29 is 9.53 Å². The molecule has 0 bridgehead atoms. The summed E-state index contributed by atoms with van der Waals surface area (Å²) in [5.41, 5.74) is 1.67. The van der Waals surface area contributed by atoms with Gasteiger partial charge in [0.25, 0.3) is 5.91 Å². The predicted octanol–water partition coefficient (Wildman–Crippen LogP) is 4.63. The first-order valence-electron chi connectivity index (χ1n) is 7.42. The summed E-state index contributed by atoms with van der Waals surface area (Å²) in [6, 6.07) is 14.7. The third kappa shape index (κ3) is 4.19. The third-order valence-corrected chi connectivity index (χ3v) is 4.36. The van der Waals surface area contributed by atoms with E-state index in [0.29, 0.717) is 21.7 Å². The van der Waals surface area contributed by atoms with Gasteiger partial charge in [-0.1, -0.05) is 23.7 Å². The third-order valence-electron chi connectivity index (χ3n) is 3.20. The molecule has 0 saturated carbocycles. The van der Waals surface area contributed by atoms with E-state index in [1.807, 2.05) is 49.4 Å². The minimum Gasteiger partial charge on any atom is -0.494 e. The fourth-order valence-electron chi connectivity index (χ4n) is 2.09. The molecule has 4 nitrogen and oxygen atoms in total. The Hall–Kier alpha value is -2.24. The summed E-state index contributed by atoms with van der Waals surface area (Å²) in [5.74, 6) is 0.646. The summed E-state index contributed by atoms with van der Waals surface area (Å²) in [4.78, 5) is 17.1. The van der Waals surface area contributed by atoms with Crippen LogP contribution in [0.4, 0.5) is 5.69 Å². The van der Waals surface area contributed by atoms with Crippen LogP contribution in [0.15, 0.2) is 58.4 Å². The van der Waals surface area contributed by atoms with Gasteiger partial charge in [0.2, 0.25) is 0 Å². The van der Waals surface area contributed by atoms with E-state index in [-0.39, 0.29) is 5.91 Å². The second-order valence-corrected chi connectivity index (χ2v) is 6.43. The van der Waals surface area contributed by atoms with Crippen molar-refractivity contribution in [2.75, 3.05) is 6.61 Å². The fourth-order valence-corrected chi connectivity index (χ4v) is 3.06. The van der Waals surface area contributed by atoms with Crippen LogP contribution in [-0.2, 0) is 4.79 Å². The maximum atomic E-state index is 12.1. The minimum absolute atomic E-state index is 0.153. The highest BCUT2D eigenvalue weighted by Gasteiger charge is 2.23. The molecule has 0 aromatic heterocycles. The first kappa shape index (κ1) is 16.6. The second kappa shape index (κ2) is 7.55. The molecular weight excluding hydrogens is 344 g/mol. The molecule has 3 rings (SSSR count). The van der Waals surface area contributed by atoms with Crippen LogP contribution in [0.3, 0.4) is 0 Å². The highest BCUT2D eigenvalue weighted by Crippen LogP contribution is 2.28. The van der Waals surface area contributed by atoms with Gasteiger partial charge in [0, 0.05) is 5.02 Å². The summed E-state index contributed by atoms with van der Waals surface area (Å²) < 4.78 is 5.40. The quantitative estimate of drug-likeness (QED) is 0.810. The van der Waals surface area contributed by atoms with E-state index in [0.717, 1.165) is 17.0 Å². The van der Waals surface area contributed by atoms with E-state index in [9.17, 15) is 4.79 Å². The number of nitrogens with zero attached hydrogens (tertiary/aromatic N) is 1. The summed E-state index contributed by atoms with van der Waals surface area (Å²) in [6.45, 7) is 2.56. The highest BCUT2D eigenvalue weighted by atomic mass is 35.5. The van der Waals surface area contributed by atoms with Crippen LogP contribution in [0.2, 0.25) is 5.02 Å². The predicted molar refractivity (Wildman–Crippen MR) is 99.9 cm³/mol. The summed E-state index contributed by atoms with van der Waals surface area (Å²) in [5, 5.41) is 4.00. The van der Waals surface area contributed by atoms with Crippen molar-refractivity contribution in [1.29, 1.82) is 0 Å². The van der Waals surface area contributed by atoms with Crippen molar-refractivity contribution in [3.63, 3.8) is 0 Å².